The lowest BCUT2D eigenvalue weighted by Crippen LogP contribution is -2.24. The van der Waals surface area contributed by atoms with Crippen LogP contribution >= 0.6 is 0 Å². The second-order valence-corrected chi connectivity index (χ2v) is 6.43. The van der Waals surface area contributed by atoms with Crippen molar-refractivity contribution in [1.29, 1.82) is 0 Å². The van der Waals surface area contributed by atoms with E-state index in [0.717, 1.165) is 28.9 Å². The minimum absolute atomic E-state index is 0.127. The molecule has 0 aliphatic carbocycles. The molecule has 2 heterocycles. The van der Waals surface area contributed by atoms with Crippen molar-refractivity contribution in [1.82, 2.24) is 14.9 Å². The molecule has 0 fully saturated rings. The molecule has 0 saturated carbocycles. The fourth-order valence-electron chi connectivity index (χ4n) is 3.17. The van der Waals surface area contributed by atoms with Gasteiger partial charge in [0.1, 0.15) is 11.4 Å². The predicted molar refractivity (Wildman–Crippen MR) is 106 cm³/mol. The van der Waals surface area contributed by atoms with Crippen LogP contribution in [-0.4, -0.2) is 22.6 Å². The molecule has 5 heteroatoms. The van der Waals surface area contributed by atoms with Crippen LogP contribution in [0.4, 0.5) is 0 Å². The van der Waals surface area contributed by atoms with Gasteiger partial charge in [0.25, 0.3) is 5.91 Å². The van der Waals surface area contributed by atoms with Crippen molar-refractivity contribution in [3.8, 4) is 5.75 Å². The SMILES string of the molecule is COc1ccc2cc(C(=O)NCc3cccn3Cc3ccccc3)[nH]c2c1. The van der Waals surface area contributed by atoms with E-state index in [1.807, 2.05) is 60.8 Å². The second-order valence-electron chi connectivity index (χ2n) is 6.43. The summed E-state index contributed by atoms with van der Waals surface area (Å²) in [6, 6.07) is 21.9. The third-order valence-electron chi connectivity index (χ3n) is 4.62. The van der Waals surface area contributed by atoms with Crippen molar-refractivity contribution in [3.05, 3.63) is 89.9 Å². The number of amides is 1. The van der Waals surface area contributed by atoms with Crippen molar-refractivity contribution in [2.45, 2.75) is 13.1 Å². The highest BCUT2D eigenvalue weighted by molar-refractivity contribution is 5.98. The van der Waals surface area contributed by atoms with Crippen LogP contribution in [0.1, 0.15) is 21.7 Å². The molecule has 1 amide bonds. The van der Waals surface area contributed by atoms with Crippen molar-refractivity contribution in [3.63, 3.8) is 0 Å². The van der Waals surface area contributed by atoms with Crippen molar-refractivity contribution < 1.29 is 9.53 Å². The van der Waals surface area contributed by atoms with E-state index in [1.165, 1.54) is 5.56 Å². The number of hydrogen-bond acceptors (Lipinski definition) is 2. The number of nitrogens with one attached hydrogen (secondary N) is 2. The van der Waals surface area contributed by atoms with Gasteiger partial charge in [-0.25, -0.2) is 0 Å². The van der Waals surface area contributed by atoms with E-state index in [0.29, 0.717) is 12.2 Å². The third kappa shape index (κ3) is 3.72. The molecule has 2 aromatic carbocycles. The zero-order valence-corrected chi connectivity index (χ0v) is 15.1. The molecule has 4 aromatic rings. The summed E-state index contributed by atoms with van der Waals surface area (Å²) in [6.45, 7) is 1.25. The Bertz CT molecular complexity index is 1060. The van der Waals surface area contributed by atoms with Gasteiger partial charge in [-0.1, -0.05) is 30.3 Å². The molecule has 0 aliphatic rings. The topological polar surface area (TPSA) is 59.0 Å². The largest absolute Gasteiger partial charge is 0.497 e. The monoisotopic (exact) mass is 359 g/mol. The highest BCUT2D eigenvalue weighted by Gasteiger charge is 2.11. The van der Waals surface area contributed by atoms with Gasteiger partial charge in [0.15, 0.2) is 0 Å². The number of carbonyl (C=O) groups is 1. The van der Waals surface area contributed by atoms with E-state index in [-0.39, 0.29) is 5.91 Å². The van der Waals surface area contributed by atoms with Crippen molar-refractivity contribution in [2.75, 3.05) is 7.11 Å². The summed E-state index contributed by atoms with van der Waals surface area (Å²) in [7, 11) is 1.63. The number of fused-ring (bicyclic) bond motifs is 1. The predicted octanol–water partition coefficient (Wildman–Crippen LogP) is 3.96. The standard InChI is InChI=1S/C22H21N3O2/c1-27-19-10-9-17-12-21(24-20(17)13-19)22(26)23-14-18-8-5-11-25(18)15-16-6-3-2-4-7-16/h2-13,24H,14-15H2,1H3,(H,23,26). The molecule has 0 spiro atoms. The quantitative estimate of drug-likeness (QED) is 0.547. The Morgan fingerprint density at radius 2 is 1.93 bits per heavy atom. The van der Waals surface area contributed by atoms with E-state index in [2.05, 4.69) is 27.0 Å². The molecular formula is C22H21N3O2. The number of benzene rings is 2. The summed E-state index contributed by atoms with van der Waals surface area (Å²) in [4.78, 5) is 15.7. The third-order valence-corrected chi connectivity index (χ3v) is 4.62. The Hall–Kier alpha value is -3.47. The average molecular weight is 359 g/mol. The molecule has 0 unspecified atom stereocenters. The molecule has 0 radical (unpaired) electrons. The molecule has 0 atom stereocenters. The first-order valence-electron chi connectivity index (χ1n) is 8.86. The van der Waals surface area contributed by atoms with Crippen molar-refractivity contribution in [2.24, 2.45) is 0 Å². The Balaban J connectivity index is 1.45. The van der Waals surface area contributed by atoms with Crippen LogP contribution < -0.4 is 10.1 Å². The van der Waals surface area contributed by atoms with Gasteiger partial charge in [-0.2, -0.15) is 0 Å². The maximum atomic E-state index is 12.6. The normalized spacial score (nSPS) is 10.9. The fourth-order valence-corrected chi connectivity index (χ4v) is 3.17. The minimum Gasteiger partial charge on any atom is -0.497 e. The molecule has 4 rings (SSSR count). The maximum absolute atomic E-state index is 12.6. The van der Waals surface area contributed by atoms with E-state index in [4.69, 9.17) is 4.74 Å². The van der Waals surface area contributed by atoms with Gasteiger partial charge in [0, 0.05) is 35.4 Å². The number of aromatic amines is 1. The van der Waals surface area contributed by atoms with Crippen LogP contribution in [0.15, 0.2) is 72.9 Å². The van der Waals surface area contributed by atoms with Gasteiger partial charge in [0.05, 0.1) is 13.7 Å². The number of rotatable bonds is 6. The van der Waals surface area contributed by atoms with Crippen LogP contribution in [-0.2, 0) is 13.1 Å². The number of aromatic nitrogens is 2. The summed E-state index contributed by atoms with van der Waals surface area (Å²) in [5, 5.41) is 3.97. The molecule has 2 aromatic heterocycles. The fraction of sp³-hybridized carbons (Fsp3) is 0.136. The first-order valence-corrected chi connectivity index (χ1v) is 8.86. The Labute approximate surface area is 157 Å². The Morgan fingerprint density at radius 3 is 2.74 bits per heavy atom. The number of ether oxygens (including phenoxy) is 1. The molecule has 0 aliphatic heterocycles. The highest BCUT2D eigenvalue weighted by Crippen LogP contribution is 2.21. The summed E-state index contributed by atoms with van der Waals surface area (Å²) in [6.07, 6.45) is 2.03. The molecule has 0 saturated heterocycles. The highest BCUT2D eigenvalue weighted by atomic mass is 16.5. The van der Waals surface area contributed by atoms with Gasteiger partial charge < -0.3 is 19.6 Å². The summed E-state index contributed by atoms with van der Waals surface area (Å²) >= 11 is 0. The number of H-pyrrole nitrogens is 1. The molecule has 5 nitrogen and oxygen atoms in total. The first-order chi connectivity index (χ1) is 13.2. The summed E-state index contributed by atoms with van der Waals surface area (Å²) in [5.74, 6) is 0.632. The lowest BCUT2D eigenvalue weighted by atomic mass is 10.2. The molecule has 27 heavy (non-hydrogen) atoms. The van der Waals surface area contributed by atoms with Gasteiger partial charge in [-0.05, 0) is 35.9 Å². The Kier molecular flexibility index (Phi) is 4.66. The van der Waals surface area contributed by atoms with Crippen LogP contribution in [0.2, 0.25) is 0 Å². The molecule has 2 N–H and O–H groups in total. The lowest BCUT2D eigenvalue weighted by Gasteiger charge is -2.10. The zero-order chi connectivity index (χ0) is 18.6. The van der Waals surface area contributed by atoms with Gasteiger partial charge in [-0.15, -0.1) is 0 Å². The lowest BCUT2D eigenvalue weighted by molar-refractivity contribution is 0.0946. The number of hydrogen-bond donors (Lipinski definition) is 2. The summed E-state index contributed by atoms with van der Waals surface area (Å²) in [5.41, 5.74) is 3.71. The van der Waals surface area contributed by atoms with Gasteiger partial charge in [0.2, 0.25) is 0 Å². The van der Waals surface area contributed by atoms with Crippen LogP contribution in [0.5, 0.6) is 5.75 Å². The van der Waals surface area contributed by atoms with Crippen LogP contribution in [0, 0.1) is 0 Å². The smallest absolute Gasteiger partial charge is 0.268 e. The minimum atomic E-state index is -0.127. The average Bonchev–Trinajstić information content (AvgIpc) is 3.32. The zero-order valence-electron chi connectivity index (χ0n) is 15.1. The number of nitrogens with zero attached hydrogens (tertiary/aromatic N) is 1. The second kappa shape index (κ2) is 7.41. The summed E-state index contributed by atoms with van der Waals surface area (Å²) < 4.78 is 7.37. The van der Waals surface area contributed by atoms with Gasteiger partial charge >= 0.3 is 0 Å². The Morgan fingerprint density at radius 1 is 1.07 bits per heavy atom. The van der Waals surface area contributed by atoms with Crippen LogP contribution in [0.3, 0.4) is 0 Å². The van der Waals surface area contributed by atoms with E-state index in [1.54, 1.807) is 7.11 Å². The number of methoxy groups -OCH3 is 1. The van der Waals surface area contributed by atoms with E-state index in [9.17, 15) is 4.79 Å². The van der Waals surface area contributed by atoms with E-state index < -0.39 is 0 Å². The van der Waals surface area contributed by atoms with Crippen LogP contribution in [0.25, 0.3) is 10.9 Å². The maximum Gasteiger partial charge on any atom is 0.268 e. The van der Waals surface area contributed by atoms with Crippen molar-refractivity contribution >= 4 is 16.8 Å². The molecule has 0 bridgehead atoms. The molecular weight excluding hydrogens is 338 g/mol. The van der Waals surface area contributed by atoms with Gasteiger partial charge in [-0.3, -0.25) is 4.79 Å². The number of carbonyl (C=O) groups excluding carboxylic acids is 1. The molecule has 136 valence electrons. The van der Waals surface area contributed by atoms with E-state index >= 15 is 0 Å². The first kappa shape index (κ1) is 17.0.